The molecule has 10 heteroatoms. The number of para-hydroxylation sites is 1. The average Bonchev–Trinajstić information content (AvgIpc) is 3.35. The minimum absolute atomic E-state index is 0.309. The van der Waals surface area contributed by atoms with Crippen LogP contribution in [0.4, 0.5) is 17.3 Å². The highest BCUT2D eigenvalue weighted by Crippen LogP contribution is 2.33. The second-order valence-corrected chi connectivity index (χ2v) is 8.64. The summed E-state index contributed by atoms with van der Waals surface area (Å²) >= 11 is 0. The first-order valence-electron chi connectivity index (χ1n) is 12.0. The number of hydrogen-bond acceptors (Lipinski definition) is 8. The second-order valence-electron chi connectivity index (χ2n) is 8.64. The fourth-order valence-corrected chi connectivity index (χ4v) is 4.37. The highest BCUT2D eigenvalue weighted by atomic mass is 16.5. The molecule has 1 aliphatic heterocycles. The second kappa shape index (κ2) is 10.6. The van der Waals surface area contributed by atoms with Crippen LogP contribution < -0.4 is 24.6 Å². The number of benzene rings is 2. The van der Waals surface area contributed by atoms with Gasteiger partial charge >= 0.3 is 0 Å². The number of aromatic nitrogens is 4. The standard InChI is InChI=1S/C27H29N7O3/c1-32-24(16-23(31-32)22-15-21(36-2)9-10-25(22)37-3)26(35)30-19-17-28-27(29-18-19)34-13-11-33(12-14-34)20-7-5-4-6-8-20/h4-10,15-18H,11-14H2,1-3H3,(H,30,35). The van der Waals surface area contributed by atoms with Gasteiger partial charge in [-0.2, -0.15) is 5.10 Å². The van der Waals surface area contributed by atoms with Crippen LogP contribution >= 0.6 is 0 Å². The average molecular weight is 500 g/mol. The number of aryl methyl sites for hydroxylation is 1. The Labute approximate surface area is 215 Å². The van der Waals surface area contributed by atoms with Crippen molar-refractivity contribution >= 4 is 23.2 Å². The Morgan fingerprint density at radius 3 is 2.27 bits per heavy atom. The first kappa shape index (κ1) is 24.1. The molecular weight excluding hydrogens is 470 g/mol. The number of ether oxygens (including phenoxy) is 2. The molecule has 0 aliphatic carbocycles. The molecule has 1 amide bonds. The quantitative estimate of drug-likeness (QED) is 0.413. The Balaban J connectivity index is 1.24. The summed E-state index contributed by atoms with van der Waals surface area (Å²) in [4.78, 5) is 26.5. The minimum atomic E-state index is -0.309. The summed E-state index contributed by atoms with van der Waals surface area (Å²) in [6.45, 7) is 3.44. The molecule has 1 saturated heterocycles. The summed E-state index contributed by atoms with van der Waals surface area (Å²) in [5, 5.41) is 7.38. The van der Waals surface area contributed by atoms with Crippen LogP contribution in [0.15, 0.2) is 67.0 Å². The highest BCUT2D eigenvalue weighted by molar-refractivity contribution is 6.03. The van der Waals surface area contributed by atoms with Gasteiger partial charge in [-0.3, -0.25) is 9.48 Å². The van der Waals surface area contributed by atoms with Crippen molar-refractivity contribution in [1.29, 1.82) is 0 Å². The Bertz CT molecular complexity index is 1360. The molecule has 1 N–H and O–H groups in total. The first-order chi connectivity index (χ1) is 18.1. The van der Waals surface area contributed by atoms with Crippen LogP contribution in [-0.4, -0.2) is 66.1 Å². The molecule has 37 heavy (non-hydrogen) atoms. The lowest BCUT2D eigenvalue weighted by Gasteiger charge is -2.36. The van der Waals surface area contributed by atoms with E-state index in [2.05, 4.69) is 54.4 Å². The van der Waals surface area contributed by atoms with Crippen LogP contribution in [0, 0.1) is 0 Å². The summed E-state index contributed by atoms with van der Waals surface area (Å²) < 4.78 is 12.3. The molecule has 0 spiro atoms. The number of carbonyl (C=O) groups excluding carboxylic acids is 1. The number of methoxy groups -OCH3 is 2. The van der Waals surface area contributed by atoms with Gasteiger partial charge in [0.2, 0.25) is 5.95 Å². The van der Waals surface area contributed by atoms with Gasteiger partial charge in [-0.15, -0.1) is 0 Å². The van der Waals surface area contributed by atoms with E-state index in [0.717, 1.165) is 31.7 Å². The number of nitrogens with zero attached hydrogens (tertiary/aromatic N) is 6. The van der Waals surface area contributed by atoms with Gasteiger partial charge < -0.3 is 24.6 Å². The molecular formula is C27H29N7O3. The molecule has 0 radical (unpaired) electrons. The summed E-state index contributed by atoms with van der Waals surface area (Å²) in [6.07, 6.45) is 3.26. The number of rotatable bonds is 7. The predicted octanol–water partition coefficient (Wildman–Crippen LogP) is 3.47. The third-order valence-corrected chi connectivity index (χ3v) is 6.37. The maximum absolute atomic E-state index is 13.0. The smallest absolute Gasteiger partial charge is 0.274 e. The Morgan fingerprint density at radius 2 is 1.59 bits per heavy atom. The van der Waals surface area contributed by atoms with Gasteiger partial charge in [0.1, 0.15) is 17.2 Å². The van der Waals surface area contributed by atoms with Gasteiger partial charge in [-0.1, -0.05) is 18.2 Å². The normalized spacial score (nSPS) is 13.4. The van der Waals surface area contributed by atoms with E-state index in [0.29, 0.717) is 34.5 Å². The van der Waals surface area contributed by atoms with E-state index in [9.17, 15) is 4.79 Å². The van der Waals surface area contributed by atoms with E-state index in [1.807, 2.05) is 24.3 Å². The third-order valence-electron chi connectivity index (χ3n) is 6.37. The van der Waals surface area contributed by atoms with E-state index in [4.69, 9.17) is 9.47 Å². The van der Waals surface area contributed by atoms with Crippen LogP contribution in [0.1, 0.15) is 10.5 Å². The lowest BCUT2D eigenvalue weighted by atomic mass is 10.1. The molecule has 4 aromatic rings. The highest BCUT2D eigenvalue weighted by Gasteiger charge is 2.20. The molecule has 10 nitrogen and oxygen atoms in total. The molecule has 0 bridgehead atoms. The Hall–Kier alpha value is -4.60. The van der Waals surface area contributed by atoms with Crippen LogP contribution in [0.2, 0.25) is 0 Å². The van der Waals surface area contributed by atoms with Crippen LogP contribution in [-0.2, 0) is 7.05 Å². The van der Waals surface area contributed by atoms with Crippen LogP contribution in [0.25, 0.3) is 11.3 Å². The molecule has 5 rings (SSSR count). The summed E-state index contributed by atoms with van der Waals surface area (Å²) in [5.74, 6) is 1.65. The zero-order valence-corrected chi connectivity index (χ0v) is 21.1. The third kappa shape index (κ3) is 5.18. The summed E-state index contributed by atoms with van der Waals surface area (Å²) in [5.41, 5.74) is 3.46. The number of anilines is 3. The van der Waals surface area contributed by atoms with Crippen molar-refractivity contribution < 1.29 is 14.3 Å². The number of amides is 1. The fourth-order valence-electron chi connectivity index (χ4n) is 4.37. The Morgan fingerprint density at radius 1 is 0.892 bits per heavy atom. The van der Waals surface area contributed by atoms with E-state index in [1.165, 1.54) is 10.4 Å². The van der Waals surface area contributed by atoms with E-state index in [1.54, 1.807) is 39.7 Å². The zero-order chi connectivity index (χ0) is 25.8. The van der Waals surface area contributed by atoms with Gasteiger partial charge in [-0.05, 0) is 36.4 Å². The number of hydrogen-bond donors (Lipinski definition) is 1. The van der Waals surface area contributed by atoms with Gasteiger partial charge in [0, 0.05) is 44.5 Å². The van der Waals surface area contributed by atoms with Gasteiger partial charge in [0.05, 0.1) is 38.0 Å². The lowest BCUT2D eigenvalue weighted by molar-refractivity contribution is 0.101. The number of piperazine rings is 1. The van der Waals surface area contributed by atoms with Crippen molar-refractivity contribution in [1.82, 2.24) is 19.7 Å². The maximum atomic E-state index is 13.0. The summed E-state index contributed by atoms with van der Waals surface area (Å²) in [7, 11) is 4.91. The molecule has 0 saturated carbocycles. The lowest BCUT2D eigenvalue weighted by Crippen LogP contribution is -2.47. The van der Waals surface area contributed by atoms with E-state index < -0.39 is 0 Å². The molecule has 0 unspecified atom stereocenters. The zero-order valence-electron chi connectivity index (χ0n) is 21.1. The van der Waals surface area contributed by atoms with Crippen molar-refractivity contribution in [3.05, 3.63) is 72.7 Å². The first-order valence-corrected chi connectivity index (χ1v) is 12.0. The van der Waals surface area contributed by atoms with E-state index in [-0.39, 0.29) is 5.91 Å². The predicted molar refractivity (Wildman–Crippen MR) is 143 cm³/mol. The Kier molecular flexibility index (Phi) is 6.89. The maximum Gasteiger partial charge on any atom is 0.274 e. The van der Waals surface area contributed by atoms with Crippen molar-refractivity contribution in [2.75, 3.05) is 55.5 Å². The number of nitrogens with one attached hydrogen (secondary N) is 1. The molecule has 3 heterocycles. The monoisotopic (exact) mass is 499 g/mol. The van der Waals surface area contributed by atoms with Crippen molar-refractivity contribution in [3.8, 4) is 22.8 Å². The largest absolute Gasteiger partial charge is 0.497 e. The van der Waals surface area contributed by atoms with Crippen LogP contribution in [0.5, 0.6) is 11.5 Å². The topological polar surface area (TPSA) is 97.6 Å². The molecule has 1 fully saturated rings. The van der Waals surface area contributed by atoms with Crippen molar-refractivity contribution in [2.45, 2.75) is 0 Å². The molecule has 1 aliphatic rings. The van der Waals surface area contributed by atoms with Crippen molar-refractivity contribution in [3.63, 3.8) is 0 Å². The molecule has 2 aromatic heterocycles. The van der Waals surface area contributed by atoms with Gasteiger partial charge in [0.15, 0.2) is 0 Å². The number of carbonyl (C=O) groups is 1. The van der Waals surface area contributed by atoms with E-state index >= 15 is 0 Å². The minimum Gasteiger partial charge on any atom is -0.497 e. The SMILES string of the molecule is COc1ccc(OC)c(-c2cc(C(=O)Nc3cnc(N4CCN(c5ccccc5)CC4)nc3)n(C)n2)c1. The molecule has 190 valence electrons. The summed E-state index contributed by atoms with van der Waals surface area (Å²) in [6, 6.07) is 17.6. The molecule has 0 atom stereocenters. The molecule has 2 aromatic carbocycles. The van der Waals surface area contributed by atoms with Gasteiger partial charge in [-0.25, -0.2) is 9.97 Å². The van der Waals surface area contributed by atoms with Gasteiger partial charge in [0.25, 0.3) is 5.91 Å². The van der Waals surface area contributed by atoms with Crippen molar-refractivity contribution in [2.24, 2.45) is 7.05 Å². The fraction of sp³-hybridized carbons (Fsp3) is 0.259. The van der Waals surface area contributed by atoms with Crippen LogP contribution in [0.3, 0.4) is 0 Å².